The molecule has 0 amide bonds. The summed E-state index contributed by atoms with van der Waals surface area (Å²) >= 11 is 1.71. The van der Waals surface area contributed by atoms with E-state index >= 15 is 0 Å². The molecule has 126 valence electrons. The van der Waals surface area contributed by atoms with Gasteiger partial charge in [-0.15, -0.1) is 0 Å². The Balaban J connectivity index is 1.86. The molecular formula is C18H27N3OS. The van der Waals surface area contributed by atoms with Gasteiger partial charge in [0.2, 0.25) is 0 Å². The van der Waals surface area contributed by atoms with Crippen LogP contribution in [0.1, 0.15) is 50.8 Å². The maximum atomic E-state index is 5.29. The summed E-state index contributed by atoms with van der Waals surface area (Å²) in [6.45, 7) is 3.22. The molecule has 1 aromatic rings. The Morgan fingerprint density at radius 3 is 2.43 bits per heavy atom. The molecule has 0 spiro atoms. The summed E-state index contributed by atoms with van der Waals surface area (Å²) in [6.07, 6.45) is 8.93. The lowest BCUT2D eigenvalue weighted by Gasteiger charge is -2.33. The maximum absolute atomic E-state index is 5.29. The Labute approximate surface area is 144 Å². The molecule has 0 aromatic heterocycles. The lowest BCUT2D eigenvalue weighted by molar-refractivity contribution is 0.229. The summed E-state index contributed by atoms with van der Waals surface area (Å²) in [5, 5.41) is 4.99. The van der Waals surface area contributed by atoms with Gasteiger partial charge in [0.25, 0.3) is 0 Å². The molecule has 1 aliphatic heterocycles. The predicted molar refractivity (Wildman–Crippen MR) is 97.5 cm³/mol. The monoisotopic (exact) mass is 333 g/mol. The Bertz CT molecular complexity index is 540. The lowest BCUT2D eigenvalue weighted by atomic mass is 9.88. The largest absolute Gasteiger partial charge is 0.497 e. The number of hydrogen-bond acceptors (Lipinski definition) is 5. The highest BCUT2D eigenvalue weighted by molar-refractivity contribution is 7.96. The van der Waals surface area contributed by atoms with Crippen molar-refractivity contribution in [2.75, 3.05) is 19.9 Å². The van der Waals surface area contributed by atoms with Crippen LogP contribution in [0.4, 0.5) is 0 Å². The molecule has 1 saturated carbocycles. The molecule has 1 heterocycles. The smallest absolute Gasteiger partial charge is 0.157 e. The van der Waals surface area contributed by atoms with Crippen LogP contribution in [0.2, 0.25) is 0 Å². The third-order valence-corrected chi connectivity index (χ3v) is 5.57. The Morgan fingerprint density at radius 1 is 1.17 bits per heavy atom. The zero-order valence-electron chi connectivity index (χ0n) is 14.4. The number of nitrogens with zero attached hydrogens (tertiary/aromatic N) is 3. The second-order valence-corrected chi connectivity index (χ2v) is 6.95. The maximum Gasteiger partial charge on any atom is 0.157 e. The van der Waals surface area contributed by atoms with Crippen LogP contribution in [0.25, 0.3) is 0 Å². The molecule has 1 aromatic carbocycles. The van der Waals surface area contributed by atoms with Crippen molar-refractivity contribution in [3.63, 3.8) is 0 Å². The van der Waals surface area contributed by atoms with E-state index in [0.717, 1.165) is 12.3 Å². The molecule has 2 aliphatic rings. The van der Waals surface area contributed by atoms with Crippen LogP contribution < -0.4 is 4.74 Å². The van der Waals surface area contributed by atoms with Crippen LogP contribution in [0.15, 0.2) is 29.4 Å². The number of benzene rings is 1. The topological polar surface area (TPSA) is 28.1 Å². The molecule has 5 heteroatoms. The molecule has 0 radical (unpaired) electrons. The second kappa shape index (κ2) is 7.47. The summed E-state index contributed by atoms with van der Waals surface area (Å²) in [5.74, 6) is 2.82. The van der Waals surface area contributed by atoms with Gasteiger partial charge in [0.05, 0.1) is 7.11 Å². The van der Waals surface area contributed by atoms with E-state index in [9.17, 15) is 0 Å². The number of hydrogen-bond donors (Lipinski definition) is 0. The minimum Gasteiger partial charge on any atom is -0.497 e. The average Bonchev–Trinajstić information content (AvgIpc) is 3.01. The quantitative estimate of drug-likeness (QED) is 0.742. The standard InChI is InChI=1S/C18H27N3OS/c1-4-20-17(14-8-6-5-7-9-14)19-21(23-3)18(20)15-10-12-16(22-2)13-11-15/h10-14,18H,4-9H2,1-3H3. The molecule has 4 nitrogen and oxygen atoms in total. The molecule has 1 fully saturated rings. The van der Waals surface area contributed by atoms with E-state index in [-0.39, 0.29) is 6.17 Å². The first-order valence-electron chi connectivity index (χ1n) is 8.61. The van der Waals surface area contributed by atoms with Crippen LogP contribution >= 0.6 is 11.9 Å². The highest BCUT2D eigenvalue weighted by Gasteiger charge is 2.37. The Morgan fingerprint density at radius 2 is 1.87 bits per heavy atom. The van der Waals surface area contributed by atoms with Gasteiger partial charge < -0.3 is 9.64 Å². The van der Waals surface area contributed by atoms with Crippen molar-refractivity contribution in [2.45, 2.75) is 45.2 Å². The van der Waals surface area contributed by atoms with Crippen LogP contribution in [-0.4, -0.2) is 35.1 Å². The minimum absolute atomic E-state index is 0.192. The molecule has 3 rings (SSSR count). The van der Waals surface area contributed by atoms with Crippen LogP contribution in [0, 0.1) is 5.92 Å². The van der Waals surface area contributed by atoms with Gasteiger partial charge in [0.1, 0.15) is 11.6 Å². The zero-order chi connectivity index (χ0) is 16.2. The van der Waals surface area contributed by atoms with E-state index in [2.05, 4.69) is 34.6 Å². The van der Waals surface area contributed by atoms with Gasteiger partial charge in [0, 0.05) is 18.7 Å². The van der Waals surface area contributed by atoms with Crippen LogP contribution in [0.5, 0.6) is 5.75 Å². The summed E-state index contributed by atoms with van der Waals surface area (Å²) in [5.41, 5.74) is 1.27. The molecule has 1 atom stereocenters. The van der Waals surface area contributed by atoms with E-state index in [1.54, 1.807) is 19.1 Å². The number of methoxy groups -OCH3 is 1. The highest BCUT2D eigenvalue weighted by Crippen LogP contribution is 2.39. The van der Waals surface area contributed by atoms with Gasteiger partial charge >= 0.3 is 0 Å². The van der Waals surface area contributed by atoms with Gasteiger partial charge in [-0.05, 0) is 49.4 Å². The van der Waals surface area contributed by atoms with E-state index in [1.165, 1.54) is 43.5 Å². The summed E-state index contributed by atoms with van der Waals surface area (Å²) in [4.78, 5) is 2.48. The van der Waals surface area contributed by atoms with Crippen molar-refractivity contribution in [1.82, 2.24) is 9.31 Å². The second-order valence-electron chi connectivity index (χ2n) is 6.21. The van der Waals surface area contributed by atoms with Crippen molar-refractivity contribution in [2.24, 2.45) is 11.0 Å². The molecule has 0 bridgehead atoms. The third-order valence-electron chi connectivity index (χ3n) is 4.91. The van der Waals surface area contributed by atoms with Crippen molar-refractivity contribution in [3.05, 3.63) is 29.8 Å². The molecule has 1 aliphatic carbocycles. The first-order chi connectivity index (χ1) is 11.3. The first kappa shape index (κ1) is 16.5. The Kier molecular flexibility index (Phi) is 5.36. The summed E-state index contributed by atoms with van der Waals surface area (Å²) < 4.78 is 7.46. The zero-order valence-corrected chi connectivity index (χ0v) is 15.2. The lowest BCUT2D eigenvalue weighted by Crippen LogP contribution is -2.37. The molecule has 23 heavy (non-hydrogen) atoms. The SMILES string of the molecule is CCN1C(C2CCCCC2)=NN(SC)C1c1ccc(OC)cc1. The fraction of sp³-hybridized carbons (Fsp3) is 0.611. The number of hydrazone groups is 1. The molecular weight excluding hydrogens is 306 g/mol. The van der Waals surface area contributed by atoms with E-state index < -0.39 is 0 Å². The molecule has 1 unspecified atom stereocenters. The number of ether oxygens (including phenoxy) is 1. The van der Waals surface area contributed by atoms with Crippen molar-refractivity contribution < 1.29 is 4.74 Å². The Hall–Kier alpha value is -1.36. The molecule has 0 saturated heterocycles. The number of amidine groups is 1. The minimum atomic E-state index is 0.192. The van der Waals surface area contributed by atoms with Gasteiger partial charge in [-0.3, -0.25) is 0 Å². The van der Waals surface area contributed by atoms with Crippen LogP contribution in [0.3, 0.4) is 0 Å². The number of rotatable bonds is 5. The van der Waals surface area contributed by atoms with E-state index in [0.29, 0.717) is 5.92 Å². The van der Waals surface area contributed by atoms with E-state index in [1.807, 2.05) is 12.1 Å². The average molecular weight is 334 g/mol. The summed E-state index contributed by atoms with van der Waals surface area (Å²) in [7, 11) is 1.71. The summed E-state index contributed by atoms with van der Waals surface area (Å²) in [6, 6.07) is 8.41. The van der Waals surface area contributed by atoms with Gasteiger partial charge in [-0.1, -0.05) is 31.4 Å². The van der Waals surface area contributed by atoms with Crippen LogP contribution in [-0.2, 0) is 0 Å². The van der Waals surface area contributed by atoms with Crippen molar-refractivity contribution in [3.8, 4) is 5.75 Å². The van der Waals surface area contributed by atoms with Crippen molar-refractivity contribution >= 4 is 17.8 Å². The third kappa shape index (κ3) is 3.30. The predicted octanol–water partition coefficient (Wildman–Crippen LogP) is 4.50. The van der Waals surface area contributed by atoms with Gasteiger partial charge in [-0.25, -0.2) is 4.41 Å². The molecule has 0 N–H and O–H groups in total. The van der Waals surface area contributed by atoms with E-state index in [4.69, 9.17) is 9.84 Å². The van der Waals surface area contributed by atoms with Crippen molar-refractivity contribution in [1.29, 1.82) is 0 Å². The van der Waals surface area contributed by atoms with Gasteiger partial charge in [-0.2, -0.15) is 5.10 Å². The first-order valence-corrected chi connectivity index (χ1v) is 9.79. The fourth-order valence-corrected chi connectivity index (χ4v) is 4.29. The highest BCUT2D eigenvalue weighted by atomic mass is 32.2. The fourth-order valence-electron chi connectivity index (χ4n) is 3.69. The van der Waals surface area contributed by atoms with Gasteiger partial charge in [0.15, 0.2) is 6.17 Å². The normalized spacial score (nSPS) is 22.4.